The number of halogens is 2. The van der Waals surface area contributed by atoms with Crippen molar-refractivity contribution in [2.75, 3.05) is 47.1 Å². The van der Waals surface area contributed by atoms with Crippen molar-refractivity contribution in [1.82, 2.24) is 16.0 Å². The van der Waals surface area contributed by atoms with E-state index in [1.165, 1.54) is 19.2 Å². The second-order valence-electron chi connectivity index (χ2n) is 8.98. The minimum Gasteiger partial charge on any atom is -0.453 e. The number of hydrogen-bond donors (Lipinski definition) is 3. The van der Waals surface area contributed by atoms with Crippen LogP contribution in [0.15, 0.2) is 42.5 Å². The van der Waals surface area contributed by atoms with Crippen LogP contribution in [-0.4, -0.2) is 65.1 Å². The number of methoxy groups -OCH3 is 1. The van der Waals surface area contributed by atoms with E-state index in [2.05, 4.69) is 20.7 Å². The molecule has 0 saturated carbocycles. The Morgan fingerprint density at radius 3 is 2.70 bits per heavy atom. The fourth-order valence-corrected chi connectivity index (χ4v) is 4.55. The van der Waals surface area contributed by atoms with Crippen molar-refractivity contribution in [3.8, 4) is 0 Å². The molecule has 3 N–H and O–H groups in total. The number of benzene rings is 2. The molecule has 0 spiro atoms. The Labute approximate surface area is 222 Å². The van der Waals surface area contributed by atoms with E-state index in [0.717, 1.165) is 38.0 Å². The van der Waals surface area contributed by atoms with E-state index in [4.69, 9.17) is 21.1 Å². The van der Waals surface area contributed by atoms with Gasteiger partial charge in [-0.1, -0.05) is 29.8 Å². The number of ether oxygens (including phenoxy) is 3. The lowest BCUT2D eigenvalue weighted by atomic mass is 9.94. The average molecular weight is 536 g/mol. The van der Waals surface area contributed by atoms with E-state index in [0.29, 0.717) is 23.0 Å². The van der Waals surface area contributed by atoms with Crippen LogP contribution in [0.2, 0.25) is 5.02 Å². The van der Waals surface area contributed by atoms with Gasteiger partial charge in [0.25, 0.3) is 5.91 Å². The summed E-state index contributed by atoms with van der Waals surface area (Å²) < 4.78 is 30.9. The highest BCUT2D eigenvalue weighted by molar-refractivity contribution is 6.30. The first kappa shape index (κ1) is 28.8. The normalized spacial score (nSPS) is 17.0. The molecule has 1 saturated heterocycles. The second-order valence-corrected chi connectivity index (χ2v) is 9.41. The van der Waals surface area contributed by atoms with Gasteiger partial charge >= 0.3 is 6.09 Å². The molecular formula is C27H35ClFN3O5. The van der Waals surface area contributed by atoms with Crippen molar-refractivity contribution in [3.63, 3.8) is 0 Å². The predicted molar refractivity (Wildman–Crippen MR) is 139 cm³/mol. The van der Waals surface area contributed by atoms with Crippen LogP contribution in [0.25, 0.3) is 0 Å². The minimum absolute atomic E-state index is 0.0479. The number of carbonyl (C=O) groups excluding carboxylic acids is 2. The van der Waals surface area contributed by atoms with Gasteiger partial charge in [-0.25, -0.2) is 9.18 Å². The average Bonchev–Trinajstić information content (AvgIpc) is 2.91. The van der Waals surface area contributed by atoms with E-state index in [-0.39, 0.29) is 24.8 Å². The van der Waals surface area contributed by atoms with E-state index in [1.807, 2.05) is 13.1 Å². The van der Waals surface area contributed by atoms with E-state index in [1.54, 1.807) is 24.3 Å². The zero-order valence-electron chi connectivity index (χ0n) is 21.2. The number of nitrogens with one attached hydrogen (secondary N) is 3. The van der Waals surface area contributed by atoms with E-state index < -0.39 is 23.9 Å². The number of hydrogen-bond acceptors (Lipinski definition) is 6. The monoisotopic (exact) mass is 535 g/mol. The Hall–Kier alpha value is -2.72. The molecule has 1 unspecified atom stereocenters. The third kappa shape index (κ3) is 8.96. The molecular weight excluding hydrogens is 501 g/mol. The maximum Gasteiger partial charge on any atom is 0.406 e. The van der Waals surface area contributed by atoms with Crippen LogP contribution in [0.3, 0.4) is 0 Å². The topological polar surface area (TPSA) is 97.9 Å². The van der Waals surface area contributed by atoms with Crippen LogP contribution in [0, 0.1) is 11.7 Å². The van der Waals surface area contributed by atoms with E-state index in [9.17, 15) is 14.0 Å². The Morgan fingerprint density at radius 2 is 2.00 bits per heavy atom. The lowest BCUT2D eigenvalue weighted by Crippen LogP contribution is -2.41. The van der Waals surface area contributed by atoms with Gasteiger partial charge < -0.3 is 30.2 Å². The van der Waals surface area contributed by atoms with Gasteiger partial charge in [-0.2, -0.15) is 0 Å². The first-order valence-electron chi connectivity index (χ1n) is 12.4. The molecule has 1 aliphatic heterocycles. The molecule has 2 amide bonds. The summed E-state index contributed by atoms with van der Waals surface area (Å²) in [5, 5.41) is 9.16. The number of carbonyl (C=O) groups is 2. The smallest absolute Gasteiger partial charge is 0.406 e. The van der Waals surface area contributed by atoms with Gasteiger partial charge in [0.15, 0.2) is 0 Å². The van der Waals surface area contributed by atoms with Gasteiger partial charge in [-0.15, -0.1) is 0 Å². The van der Waals surface area contributed by atoms with E-state index >= 15 is 0 Å². The summed E-state index contributed by atoms with van der Waals surface area (Å²) in [6, 6.07) is 11.5. The molecule has 3 rings (SSSR count). The molecule has 202 valence electrons. The quantitative estimate of drug-likeness (QED) is 0.354. The van der Waals surface area contributed by atoms with Crippen molar-refractivity contribution in [3.05, 3.63) is 70.0 Å². The van der Waals surface area contributed by atoms with Gasteiger partial charge in [0, 0.05) is 37.4 Å². The zero-order chi connectivity index (χ0) is 26.6. The van der Waals surface area contributed by atoms with Gasteiger partial charge in [0.05, 0.1) is 19.3 Å². The summed E-state index contributed by atoms with van der Waals surface area (Å²) in [5.74, 6) is -0.690. The molecule has 1 aliphatic rings. The number of amides is 2. The van der Waals surface area contributed by atoms with Gasteiger partial charge in [-0.05, 0) is 67.6 Å². The predicted octanol–water partition coefficient (Wildman–Crippen LogP) is 4.08. The minimum atomic E-state index is -0.637. The Kier molecular flexibility index (Phi) is 11.6. The highest BCUT2D eigenvalue weighted by Crippen LogP contribution is 2.29. The number of likely N-dealkylation sites (N-methyl/N-ethyl adjacent to an activating group) is 1. The van der Waals surface area contributed by atoms with Gasteiger partial charge in [0.1, 0.15) is 11.9 Å². The molecule has 0 radical (unpaired) electrons. The Morgan fingerprint density at radius 1 is 1.19 bits per heavy atom. The summed E-state index contributed by atoms with van der Waals surface area (Å²) in [7, 11) is 3.13. The first-order valence-corrected chi connectivity index (χ1v) is 12.8. The highest BCUT2D eigenvalue weighted by atomic mass is 35.5. The summed E-state index contributed by atoms with van der Waals surface area (Å²) in [6.45, 7) is 2.25. The fraction of sp³-hybridized carbons (Fsp3) is 0.481. The Balaban J connectivity index is 1.71. The summed E-state index contributed by atoms with van der Waals surface area (Å²) in [5.41, 5.74) is 1.24. The van der Waals surface area contributed by atoms with Crippen LogP contribution in [-0.2, 0) is 14.2 Å². The maximum atomic E-state index is 14.7. The lowest BCUT2D eigenvalue weighted by molar-refractivity contribution is 0.0478. The largest absolute Gasteiger partial charge is 0.453 e. The van der Waals surface area contributed by atoms with Crippen LogP contribution in [0.5, 0.6) is 0 Å². The standard InChI is InChI=1S/C27H35ClFN3O5/c1-30-22(13-18-5-4-11-36-17-18)16-32-26(33)23-15-20(8-9-24(23)29)25(19-6-3-7-21(28)14-19)37-12-10-31-27(34)35-2/h3,6-9,14-15,18,22,25,30H,4-5,10-13,16-17H2,1-2H3,(H,31,34)(H,32,33)/t18-,22+,25?/m1/s1. The van der Waals surface area contributed by atoms with Crippen molar-refractivity contribution >= 4 is 23.6 Å². The fourth-order valence-electron chi connectivity index (χ4n) is 4.35. The van der Waals surface area contributed by atoms with Crippen molar-refractivity contribution in [2.24, 2.45) is 5.92 Å². The Bertz CT molecular complexity index is 1030. The van der Waals surface area contributed by atoms with Crippen LogP contribution >= 0.6 is 11.6 Å². The molecule has 0 bridgehead atoms. The maximum absolute atomic E-state index is 14.7. The molecule has 10 heteroatoms. The third-order valence-electron chi connectivity index (χ3n) is 6.32. The van der Waals surface area contributed by atoms with Crippen LogP contribution < -0.4 is 16.0 Å². The van der Waals surface area contributed by atoms with Crippen molar-refractivity contribution in [1.29, 1.82) is 0 Å². The van der Waals surface area contributed by atoms with Crippen LogP contribution in [0.1, 0.15) is 46.9 Å². The van der Waals surface area contributed by atoms with Crippen LogP contribution in [0.4, 0.5) is 9.18 Å². The third-order valence-corrected chi connectivity index (χ3v) is 6.56. The molecule has 2 aromatic rings. The SMILES string of the molecule is CN[C@H](CNC(=O)c1cc(C(OCCNC(=O)OC)c2cccc(Cl)c2)ccc1F)C[C@H]1CCCOC1. The summed E-state index contributed by atoms with van der Waals surface area (Å²) in [4.78, 5) is 24.3. The highest BCUT2D eigenvalue weighted by Gasteiger charge is 2.22. The number of alkyl carbamates (subject to hydrolysis) is 1. The molecule has 3 atom stereocenters. The molecule has 1 heterocycles. The van der Waals surface area contributed by atoms with Crippen molar-refractivity contribution in [2.45, 2.75) is 31.4 Å². The number of rotatable bonds is 12. The molecule has 2 aromatic carbocycles. The molecule has 0 aromatic heterocycles. The first-order chi connectivity index (χ1) is 17.9. The van der Waals surface area contributed by atoms with Gasteiger partial charge in [0.2, 0.25) is 0 Å². The molecule has 8 nitrogen and oxygen atoms in total. The second kappa shape index (κ2) is 14.9. The molecule has 37 heavy (non-hydrogen) atoms. The summed E-state index contributed by atoms with van der Waals surface area (Å²) in [6.07, 6.45) is 1.80. The zero-order valence-corrected chi connectivity index (χ0v) is 22.0. The molecule has 1 fully saturated rings. The van der Waals surface area contributed by atoms with Gasteiger partial charge in [-0.3, -0.25) is 4.79 Å². The lowest BCUT2D eigenvalue weighted by Gasteiger charge is -2.26. The summed E-state index contributed by atoms with van der Waals surface area (Å²) >= 11 is 6.19. The molecule has 0 aliphatic carbocycles. The van der Waals surface area contributed by atoms with Crippen molar-refractivity contribution < 1.29 is 28.2 Å².